The fourth-order valence-corrected chi connectivity index (χ4v) is 3.67. The summed E-state index contributed by atoms with van der Waals surface area (Å²) in [6.45, 7) is 3.37. The number of allylic oxidation sites excluding steroid dienone is 1. The molecule has 3 rings (SSSR count). The van der Waals surface area contributed by atoms with Gasteiger partial charge in [-0.2, -0.15) is 13.2 Å². The van der Waals surface area contributed by atoms with E-state index in [4.69, 9.17) is 4.74 Å². The molecule has 2 aromatic carbocycles. The number of carbonyl (C=O) groups excluding carboxylic acids is 2. The van der Waals surface area contributed by atoms with Crippen molar-refractivity contribution in [3.05, 3.63) is 82.3 Å². The third kappa shape index (κ3) is 4.95. The maximum atomic E-state index is 13.2. The van der Waals surface area contributed by atoms with Gasteiger partial charge in [0.1, 0.15) is 5.82 Å². The van der Waals surface area contributed by atoms with Gasteiger partial charge < -0.3 is 9.64 Å². The molecule has 0 N–H and O–H groups in total. The monoisotopic (exact) mass is 435 g/mol. The van der Waals surface area contributed by atoms with E-state index >= 15 is 0 Å². The highest BCUT2D eigenvalue weighted by molar-refractivity contribution is 5.95. The van der Waals surface area contributed by atoms with Crippen molar-refractivity contribution in [2.75, 3.05) is 6.61 Å². The second kappa shape index (κ2) is 8.91. The van der Waals surface area contributed by atoms with E-state index in [1.807, 2.05) is 0 Å². The summed E-state index contributed by atoms with van der Waals surface area (Å²) in [5.74, 6) is -2.31. The van der Waals surface area contributed by atoms with E-state index in [0.29, 0.717) is 11.3 Å². The summed E-state index contributed by atoms with van der Waals surface area (Å²) in [4.78, 5) is 27.0. The van der Waals surface area contributed by atoms with Crippen LogP contribution in [0.15, 0.2) is 59.8 Å². The van der Waals surface area contributed by atoms with Gasteiger partial charge in [0, 0.05) is 18.0 Å². The van der Waals surface area contributed by atoms with E-state index in [9.17, 15) is 27.2 Å². The maximum absolute atomic E-state index is 13.2. The third-order valence-corrected chi connectivity index (χ3v) is 5.19. The van der Waals surface area contributed by atoms with Crippen LogP contribution in [0.2, 0.25) is 0 Å². The molecule has 0 saturated heterocycles. The van der Waals surface area contributed by atoms with Crippen LogP contribution in [0.1, 0.15) is 42.9 Å². The molecule has 1 aliphatic heterocycles. The van der Waals surface area contributed by atoms with Crippen LogP contribution in [-0.2, 0) is 27.0 Å². The van der Waals surface area contributed by atoms with Gasteiger partial charge in [0.25, 0.3) is 0 Å². The lowest BCUT2D eigenvalue weighted by atomic mass is 9.83. The molecule has 1 unspecified atom stereocenters. The van der Waals surface area contributed by atoms with Crippen molar-refractivity contribution >= 4 is 11.9 Å². The number of alkyl halides is 3. The molecule has 31 heavy (non-hydrogen) atoms. The lowest BCUT2D eigenvalue weighted by Crippen LogP contribution is -2.38. The van der Waals surface area contributed by atoms with E-state index in [1.165, 1.54) is 41.3 Å². The van der Waals surface area contributed by atoms with Gasteiger partial charge in [0.15, 0.2) is 0 Å². The fourth-order valence-electron chi connectivity index (χ4n) is 3.67. The van der Waals surface area contributed by atoms with Crippen molar-refractivity contribution in [1.29, 1.82) is 0 Å². The van der Waals surface area contributed by atoms with Crippen LogP contribution in [0, 0.1) is 5.82 Å². The molecular weight excluding hydrogens is 414 g/mol. The Bertz CT molecular complexity index is 1010. The Morgan fingerprint density at radius 2 is 1.84 bits per heavy atom. The summed E-state index contributed by atoms with van der Waals surface area (Å²) in [7, 11) is 0. The first kappa shape index (κ1) is 22.5. The Labute approximate surface area is 177 Å². The first-order valence-corrected chi connectivity index (χ1v) is 9.71. The third-order valence-electron chi connectivity index (χ3n) is 5.19. The van der Waals surface area contributed by atoms with Crippen LogP contribution < -0.4 is 0 Å². The Hall–Kier alpha value is -3.16. The highest BCUT2D eigenvalue weighted by Crippen LogP contribution is 2.39. The zero-order chi connectivity index (χ0) is 22.8. The topological polar surface area (TPSA) is 46.6 Å². The minimum atomic E-state index is -4.55. The lowest BCUT2D eigenvalue weighted by molar-refractivity contribution is -0.140. The summed E-state index contributed by atoms with van der Waals surface area (Å²) in [5.41, 5.74) is 0.457. The average molecular weight is 435 g/mol. The summed E-state index contributed by atoms with van der Waals surface area (Å²) < 4.78 is 57.9. The van der Waals surface area contributed by atoms with E-state index < -0.39 is 29.4 Å². The second-order valence-corrected chi connectivity index (χ2v) is 7.21. The molecule has 0 radical (unpaired) electrons. The van der Waals surface area contributed by atoms with Gasteiger partial charge in [-0.05, 0) is 43.2 Å². The van der Waals surface area contributed by atoms with Crippen LogP contribution >= 0.6 is 0 Å². The molecule has 0 fully saturated rings. The van der Waals surface area contributed by atoms with Crippen LogP contribution in [-0.4, -0.2) is 23.4 Å². The number of amides is 1. The smallest absolute Gasteiger partial charge is 0.416 e. The molecule has 0 spiro atoms. The number of nitrogens with zero attached hydrogens (tertiary/aromatic N) is 1. The summed E-state index contributed by atoms with van der Waals surface area (Å²) in [6.07, 6.45) is -4.74. The van der Waals surface area contributed by atoms with Crippen molar-refractivity contribution < 1.29 is 31.9 Å². The number of benzene rings is 2. The van der Waals surface area contributed by atoms with E-state index in [2.05, 4.69) is 0 Å². The number of ether oxygens (including phenoxy) is 1. The first-order valence-electron chi connectivity index (χ1n) is 9.71. The first-order chi connectivity index (χ1) is 14.6. The molecule has 0 bridgehead atoms. The zero-order valence-corrected chi connectivity index (χ0v) is 17.0. The molecule has 0 saturated carbocycles. The SMILES string of the molecule is CCOC(=O)C1=C(C)N(Cc2ccc(F)cc2)C(=O)CC1c1cccc(C(F)(F)F)c1. The Morgan fingerprint density at radius 3 is 2.45 bits per heavy atom. The molecular formula is C23H21F4NO3. The molecule has 1 heterocycles. The summed E-state index contributed by atoms with van der Waals surface area (Å²) >= 11 is 0. The fraction of sp³-hybridized carbons (Fsp3) is 0.304. The number of hydrogen-bond donors (Lipinski definition) is 0. The number of rotatable bonds is 5. The van der Waals surface area contributed by atoms with E-state index in [-0.39, 0.29) is 36.6 Å². The highest BCUT2D eigenvalue weighted by atomic mass is 19.4. The molecule has 2 aromatic rings. The van der Waals surface area contributed by atoms with Gasteiger partial charge in [-0.15, -0.1) is 0 Å². The van der Waals surface area contributed by atoms with Gasteiger partial charge in [0.05, 0.1) is 24.3 Å². The molecule has 164 valence electrons. The number of carbonyl (C=O) groups is 2. The number of hydrogen-bond acceptors (Lipinski definition) is 3. The average Bonchev–Trinajstić information content (AvgIpc) is 2.71. The van der Waals surface area contributed by atoms with Crippen LogP contribution in [0.3, 0.4) is 0 Å². The van der Waals surface area contributed by atoms with Gasteiger partial charge in [-0.25, -0.2) is 9.18 Å². The maximum Gasteiger partial charge on any atom is 0.416 e. The van der Waals surface area contributed by atoms with Crippen LogP contribution in [0.25, 0.3) is 0 Å². The normalized spacial score (nSPS) is 17.2. The predicted octanol–water partition coefficient (Wildman–Crippen LogP) is 5.20. The molecule has 4 nitrogen and oxygen atoms in total. The van der Waals surface area contributed by atoms with Gasteiger partial charge in [-0.3, -0.25) is 4.79 Å². The van der Waals surface area contributed by atoms with E-state index in [1.54, 1.807) is 13.8 Å². The van der Waals surface area contributed by atoms with Gasteiger partial charge in [-0.1, -0.05) is 30.3 Å². The second-order valence-electron chi connectivity index (χ2n) is 7.21. The zero-order valence-electron chi connectivity index (χ0n) is 17.0. The van der Waals surface area contributed by atoms with Crippen molar-refractivity contribution in [3.8, 4) is 0 Å². The molecule has 1 amide bonds. The predicted molar refractivity (Wildman–Crippen MR) is 105 cm³/mol. The van der Waals surface area contributed by atoms with Crippen molar-refractivity contribution in [3.63, 3.8) is 0 Å². The molecule has 0 aliphatic carbocycles. The lowest BCUT2D eigenvalue weighted by Gasteiger charge is -2.34. The molecule has 8 heteroatoms. The molecule has 1 aliphatic rings. The van der Waals surface area contributed by atoms with E-state index in [0.717, 1.165) is 12.1 Å². The minimum absolute atomic E-state index is 0.0802. The van der Waals surface area contributed by atoms with Gasteiger partial charge >= 0.3 is 12.1 Å². The summed E-state index contributed by atoms with van der Waals surface area (Å²) in [6, 6.07) is 10.2. The van der Waals surface area contributed by atoms with Crippen molar-refractivity contribution in [2.45, 2.75) is 38.9 Å². The number of esters is 1. The Kier molecular flexibility index (Phi) is 6.48. The quantitative estimate of drug-likeness (QED) is 0.479. The standard InChI is InChI=1S/C23H21F4NO3/c1-3-31-22(30)21-14(2)28(13-15-7-9-18(24)10-8-15)20(29)12-19(21)16-5-4-6-17(11-16)23(25,26)27/h4-11,19H,3,12-13H2,1-2H3. The molecule has 1 atom stereocenters. The largest absolute Gasteiger partial charge is 0.463 e. The highest BCUT2D eigenvalue weighted by Gasteiger charge is 2.38. The Balaban J connectivity index is 2.04. The van der Waals surface area contributed by atoms with Crippen LogP contribution in [0.4, 0.5) is 17.6 Å². The molecule has 0 aromatic heterocycles. The van der Waals surface area contributed by atoms with Crippen molar-refractivity contribution in [1.82, 2.24) is 4.90 Å². The summed E-state index contributed by atoms with van der Waals surface area (Å²) in [5, 5.41) is 0. The van der Waals surface area contributed by atoms with Gasteiger partial charge in [0.2, 0.25) is 5.91 Å². The van der Waals surface area contributed by atoms with Crippen molar-refractivity contribution in [2.24, 2.45) is 0 Å². The Morgan fingerprint density at radius 1 is 1.16 bits per heavy atom. The minimum Gasteiger partial charge on any atom is -0.463 e. The number of halogens is 4. The van der Waals surface area contributed by atoms with Crippen LogP contribution in [0.5, 0.6) is 0 Å².